The minimum absolute atomic E-state index is 0.310. The number of carbonyl (C=O) groups is 1. The second-order valence-electron chi connectivity index (χ2n) is 5.89. The molecule has 12 heteroatoms. The zero-order valence-corrected chi connectivity index (χ0v) is 23.2. The maximum Gasteiger partial charge on any atom is 0.203 e. The second-order valence-corrected chi connectivity index (χ2v) is 11.5. The van der Waals surface area contributed by atoms with Crippen molar-refractivity contribution in [2.75, 3.05) is 0 Å². The number of rotatable bonds is 3. The number of hydrogen-bond acceptors (Lipinski definition) is 2. The van der Waals surface area contributed by atoms with Crippen molar-refractivity contribution in [2.24, 2.45) is 0 Å². The molecule has 0 unspecified atom stereocenters. The molecule has 3 aromatic rings. The Morgan fingerprint density at radius 2 is 0.719 bits per heavy atom. The van der Waals surface area contributed by atoms with Gasteiger partial charge in [0, 0.05) is 21.0 Å². The largest absolute Gasteiger partial charge is 0.550 e. The van der Waals surface area contributed by atoms with Crippen LogP contribution < -0.4 is 5.11 Å². The van der Waals surface area contributed by atoms with E-state index in [2.05, 4.69) is 0 Å². The van der Waals surface area contributed by atoms with Crippen LogP contribution in [-0.4, -0.2) is 5.97 Å². The lowest BCUT2D eigenvalue weighted by atomic mass is 10.3. The summed E-state index contributed by atoms with van der Waals surface area (Å²) in [5.41, 5.74) is 0. The molecule has 2 nitrogen and oxygen atoms in total. The van der Waals surface area contributed by atoms with Crippen LogP contribution in [0.4, 0.5) is 0 Å². The number of halogens is 9. The van der Waals surface area contributed by atoms with Crippen LogP contribution in [0.1, 0.15) is 6.92 Å². The van der Waals surface area contributed by atoms with E-state index in [9.17, 15) is 0 Å². The third-order valence-electron chi connectivity index (χ3n) is 3.50. The fourth-order valence-electron chi connectivity index (χ4n) is 2.48. The van der Waals surface area contributed by atoms with E-state index in [1.54, 1.807) is 36.4 Å². The monoisotopic (exact) mass is 628 g/mol. The molecule has 0 N–H and O–H groups in total. The molecule has 0 fully saturated rings. The third kappa shape index (κ3) is 7.05. The van der Waals surface area contributed by atoms with E-state index in [0.717, 1.165) is 6.92 Å². The molecule has 0 saturated heterocycles. The molecule has 0 spiro atoms. The van der Waals surface area contributed by atoms with Gasteiger partial charge in [0.05, 0.1) is 30.1 Å². The van der Waals surface area contributed by atoms with Gasteiger partial charge in [0.15, 0.2) is 0 Å². The van der Waals surface area contributed by atoms with Crippen molar-refractivity contribution >= 4 is 121 Å². The average molecular weight is 632 g/mol. The second kappa shape index (κ2) is 12.2. The number of carboxylic acids is 1. The predicted octanol–water partition coefficient (Wildman–Crippen LogP) is 9.42. The summed E-state index contributed by atoms with van der Waals surface area (Å²) in [5, 5.41) is 11.9. The first-order chi connectivity index (χ1) is 14.8. The molecule has 0 aliphatic rings. The summed E-state index contributed by atoms with van der Waals surface area (Å²) in [6.07, 6.45) is 0. The molecule has 170 valence electrons. The topological polar surface area (TPSA) is 40.1 Å². The average Bonchev–Trinajstić information content (AvgIpc) is 2.58. The Hall–Kier alpha value is 0.0900. The quantitative estimate of drug-likeness (QED) is 0.270. The Kier molecular flexibility index (Phi) is 10.8. The number of carboxylic acid groups (broad SMARTS) is 1. The van der Waals surface area contributed by atoms with Gasteiger partial charge in [0.1, 0.15) is 10.9 Å². The molecule has 3 rings (SSSR count). The van der Waals surface area contributed by atoms with Gasteiger partial charge in [0.25, 0.3) is 0 Å². The molecule has 0 radical (unpaired) electrons. The van der Waals surface area contributed by atoms with Gasteiger partial charge in [-0.05, 0) is 43.3 Å². The first-order valence-electron chi connectivity index (χ1n) is 8.19. The minimum Gasteiger partial charge on any atom is -0.550 e. The molecule has 0 aromatic heterocycles. The van der Waals surface area contributed by atoms with Gasteiger partial charge in [0.2, 0.25) is 14.7 Å². The summed E-state index contributed by atoms with van der Waals surface area (Å²) < 4.78 is 0. The van der Waals surface area contributed by atoms with Gasteiger partial charge in [-0.3, -0.25) is 0 Å². The normalized spacial score (nSPS) is 10.7. The van der Waals surface area contributed by atoms with Crippen LogP contribution >= 0.6 is 104 Å². The fourth-order valence-corrected chi connectivity index (χ4v) is 8.45. The summed E-state index contributed by atoms with van der Waals surface area (Å²) in [6, 6.07) is 9.42. The number of hydrogen-bond donors (Lipinski definition) is 0. The molecule has 0 aliphatic carbocycles. The predicted molar refractivity (Wildman–Crippen MR) is 137 cm³/mol. The summed E-state index contributed by atoms with van der Waals surface area (Å²) in [5.74, 6) is -1.08. The lowest BCUT2D eigenvalue weighted by Crippen LogP contribution is -2.16. The Labute approximate surface area is 232 Å². The molecule has 0 aliphatic heterocycles. The lowest BCUT2D eigenvalue weighted by Gasteiger charge is -2.16. The van der Waals surface area contributed by atoms with E-state index in [4.69, 9.17) is 114 Å². The van der Waals surface area contributed by atoms with E-state index < -0.39 is 16.9 Å². The molecule has 0 bridgehead atoms. The van der Waals surface area contributed by atoms with Gasteiger partial charge in [-0.15, -0.1) is 0 Å². The fraction of sp³-hybridized carbons (Fsp3) is 0.0500. The van der Waals surface area contributed by atoms with E-state index in [1.165, 1.54) is 0 Å². The minimum atomic E-state index is -1.08. The van der Waals surface area contributed by atoms with Crippen LogP contribution in [-0.2, 0) is 15.7 Å². The number of carbonyl (C=O) groups excluding carboxylic acids is 1. The van der Waals surface area contributed by atoms with E-state index in [-0.39, 0.29) is 0 Å². The Balaban J connectivity index is 0.000000837. The highest BCUT2D eigenvalue weighted by Crippen LogP contribution is 2.50. The van der Waals surface area contributed by atoms with Crippen LogP contribution in [0.15, 0.2) is 51.1 Å². The zero-order chi connectivity index (χ0) is 24.3. The molecule has 0 atom stereocenters. The molecular formula is C20H9Cl9O2S. The van der Waals surface area contributed by atoms with Crippen LogP contribution in [0.3, 0.4) is 0 Å². The smallest absolute Gasteiger partial charge is 0.203 e. The van der Waals surface area contributed by atoms with Gasteiger partial charge < -0.3 is 9.90 Å². The highest BCUT2D eigenvalue weighted by atomic mass is 35.5. The Morgan fingerprint density at radius 1 is 0.562 bits per heavy atom. The first kappa shape index (κ1) is 28.3. The highest BCUT2D eigenvalue weighted by Gasteiger charge is 2.41. The van der Waals surface area contributed by atoms with Crippen molar-refractivity contribution < 1.29 is 9.90 Å². The van der Waals surface area contributed by atoms with Crippen molar-refractivity contribution in [3.8, 4) is 0 Å². The van der Waals surface area contributed by atoms with Gasteiger partial charge in [-0.2, -0.15) is 0 Å². The summed E-state index contributed by atoms with van der Waals surface area (Å²) in [4.78, 5) is 10.4. The van der Waals surface area contributed by atoms with Crippen molar-refractivity contribution in [3.63, 3.8) is 0 Å². The lowest BCUT2D eigenvalue weighted by molar-refractivity contribution is -0.302. The number of benzene rings is 3. The first-order valence-corrected chi connectivity index (χ1v) is 12.8. The van der Waals surface area contributed by atoms with Gasteiger partial charge >= 0.3 is 0 Å². The van der Waals surface area contributed by atoms with Crippen LogP contribution in [0.5, 0.6) is 0 Å². The molecule has 0 amide bonds. The van der Waals surface area contributed by atoms with Crippen molar-refractivity contribution in [3.05, 3.63) is 81.6 Å². The number of aliphatic carboxylic acids is 1. The van der Waals surface area contributed by atoms with Crippen LogP contribution in [0.25, 0.3) is 0 Å². The van der Waals surface area contributed by atoms with Gasteiger partial charge in [-0.1, -0.05) is 104 Å². The van der Waals surface area contributed by atoms with E-state index in [0.29, 0.717) is 59.9 Å². The van der Waals surface area contributed by atoms with E-state index >= 15 is 0 Å². The van der Waals surface area contributed by atoms with Crippen molar-refractivity contribution in [1.29, 1.82) is 0 Å². The molecular weight excluding hydrogens is 623 g/mol. The molecule has 0 saturated carbocycles. The van der Waals surface area contributed by atoms with Gasteiger partial charge in [-0.25, -0.2) is 0 Å². The summed E-state index contributed by atoms with van der Waals surface area (Å²) >= 11 is 57.3. The standard InChI is InChI=1S/C18H6Cl9S.C2H4O2/c19-7-1-10(22)16(11(23)2-7)28(17-12(24)3-8(20)4-13(17)25)18-14(26)5-9(21)6-15(18)27;1-2(3)4/h1-6H;1H3,(H,3,4)/q+1;/p-1. The molecule has 3 aromatic carbocycles. The Bertz CT molecular complexity index is 974. The summed E-state index contributed by atoms with van der Waals surface area (Å²) in [7, 11) is -1.08. The third-order valence-corrected chi connectivity index (χ3v) is 9.16. The maximum absolute atomic E-state index is 8.89. The maximum atomic E-state index is 8.89. The van der Waals surface area contributed by atoms with Crippen LogP contribution in [0, 0.1) is 0 Å². The SMILES string of the molecule is CC(=O)[O-].Clc1cc(Cl)c([S+](c2c(Cl)cc(Cl)cc2Cl)c2c(Cl)cc(Cl)cc2Cl)c(Cl)c1. The van der Waals surface area contributed by atoms with Crippen molar-refractivity contribution in [2.45, 2.75) is 21.6 Å². The summed E-state index contributed by atoms with van der Waals surface area (Å²) in [6.45, 7) is 0.972. The van der Waals surface area contributed by atoms with Crippen molar-refractivity contribution in [1.82, 2.24) is 0 Å². The van der Waals surface area contributed by atoms with Crippen LogP contribution in [0.2, 0.25) is 45.2 Å². The molecule has 0 heterocycles. The molecule has 32 heavy (non-hydrogen) atoms. The highest BCUT2D eigenvalue weighted by molar-refractivity contribution is 7.97. The zero-order valence-electron chi connectivity index (χ0n) is 15.6. The van der Waals surface area contributed by atoms with E-state index in [1.807, 2.05) is 0 Å². The Morgan fingerprint density at radius 3 is 0.875 bits per heavy atom.